The number of piperazine rings is 1. The van der Waals surface area contributed by atoms with Crippen LogP contribution in [0.2, 0.25) is 0 Å². The van der Waals surface area contributed by atoms with E-state index in [1.807, 2.05) is 4.81 Å². The van der Waals surface area contributed by atoms with E-state index in [9.17, 15) is 0 Å². The van der Waals surface area contributed by atoms with Gasteiger partial charge in [-0.15, -0.1) is 0 Å². The van der Waals surface area contributed by atoms with Gasteiger partial charge < -0.3 is 4.81 Å². The van der Waals surface area contributed by atoms with Crippen molar-refractivity contribution in [3.05, 3.63) is 0 Å². The smallest absolute Gasteiger partial charge is 0.183 e. The van der Waals surface area contributed by atoms with Gasteiger partial charge in [-0.1, -0.05) is 0 Å². The summed E-state index contributed by atoms with van der Waals surface area (Å²) < 4.78 is 0. The maximum atomic E-state index is 5.89. The third-order valence-electron chi connectivity index (χ3n) is 2.75. The van der Waals surface area contributed by atoms with Gasteiger partial charge in [-0.3, -0.25) is 4.90 Å². The summed E-state index contributed by atoms with van der Waals surface area (Å²) in [6, 6.07) is 1.61. The van der Waals surface area contributed by atoms with Crippen LogP contribution < -0.4 is 0 Å². The second-order valence-electron chi connectivity index (χ2n) is 4.19. The highest BCUT2D eigenvalue weighted by molar-refractivity contribution is 6.04. The zero-order valence-corrected chi connectivity index (χ0v) is 8.62. The normalized spacial score (nSPS) is 34.4. The maximum Gasteiger partial charge on any atom is 0.183 e. The minimum Gasteiger partial charge on any atom is -0.347 e. The average molecular weight is 166 g/mol. The lowest BCUT2D eigenvalue weighted by atomic mass is 10.0. The first-order chi connectivity index (χ1) is 5.52. The molecular formula is C9H19BN2. The Morgan fingerprint density at radius 2 is 1.58 bits per heavy atom. The summed E-state index contributed by atoms with van der Waals surface area (Å²) in [7, 11) is 5.89. The van der Waals surface area contributed by atoms with Gasteiger partial charge in [-0.25, -0.2) is 0 Å². The highest BCUT2D eigenvalue weighted by Crippen LogP contribution is 2.14. The van der Waals surface area contributed by atoms with Gasteiger partial charge in [0, 0.05) is 31.2 Å². The van der Waals surface area contributed by atoms with Crippen molar-refractivity contribution in [1.82, 2.24) is 9.71 Å². The minimum absolute atomic E-state index is 0.483. The van der Waals surface area contributed by atoms with Gasteiger partial charge in [0.15, 0.2) is 7.98 Å². The van der Waals surface area contributed by atoms with Gasteiger partial charge in [0.25, 0.3) is 0 Å². The Morgan fingerprint density at radius 1 is 1.17 bits per heavy atom. The van der Waals surface area contributed by atoms with Crippen LogP contribution in [0.25, 0.3) is 0 Å². The monoisotopic (exact) mass is 166 g/mol. The average Bonchev–Trinajstić information content (AvgIpc) is 1.99. The fourth-order valence-electron chi connectivity index (χ4n) is 1.80. The standard InChI is InChI=1S/C9H19BN2/c1-7(2)11-5-8(3)12(10)9(4)6-11/h7-9H,5-6H2,1-4H3. The molecule has 1 aliphatic rings. The molecule has 0 aromatic heterocycles. The molecule has 1 fully saturated rings. The van der Waals surface area contributed by atoms with Gasteiger partial charge in [-0.2, -0.15) is 0 Å². The molecule has 2 atom stereocenters. The van der Waals surface area contributed by atoms with Crippen molar-refractivity contribution in [1.29, 1.82) is 0 Å². The molecule has 0 amide bonds. The lowest BCUT2D eigenvalue weighted by Gasteiger charge is -2.44. The van der Waals surface area contributed by atoms with Crippen molar-refractivity contribution in [2.24, 2.45) is 0 Å². The van der Waals surface area contributed by atoms with Crippen LogP contribution in [-0.4, -0.2) is 48.9 Å². The molecule has 2 radical (unpaired) electrons. The molecule has 0 aromatic carbocycles. The van der Waals surface area contributed by atoms with Crippen molar-refractivity contribution in [2.75, 3.05) is 13.1 Å². The van der Waals surface area contributed by atoms with Crippen LogP contribution >= 0.6 is 0 Å². The summed E-state index contributed by atoms with van der Waals surface area (Å²) >= 11 is 0. The minimum atomic E-state index is 0.483. The number of hydrogen-bond acceptors (Lipinski definition) is 2. The van der Waals surface area contributed by atoms with Gasteiger partial charge in [0.2, 0.25) is 0 Å². The summed E-state index contributed by atoms with van der Waals surface area (Å²) in [5, 5.41) is 0. The molecule has 1 aliphatic heterocycles. The summed E-state index contributed by atoms with van der Waals surface area (Å²) in [5.74, 6) is 0. The first-order valence-electron chi connectivity index (χ1n) is 4.79. The molecule has 0 spiro atoms. The predicted octanol–water partition coefficient (Wildman–Crippen LogP) is 0.873. The van der Waals surface area contributed by atoms with E-state index in [4.69, 9.17) is 7.98 Å². The number of hydrogen-bond donors (Lipinski definition) is 0. The van der Waals surface area contributed by atoms with E-state index in [1.54, 1.807) is 0 Å². The molecule has 0 aliphatic carbocycles. The second-order valence-corrected chi connectivity index (χ2v) is 4.19. The quantitative estimate of drug-likeness (QED) is 0.533. The molecule has 1 saturated heterocycles. The van der Waals surface area contributed by atoms with Crippen LogP contribution in [-0.2, 0) is 0 Å². The van der Waals surface area contributed by atoms with E-state index in [2.05, 4.69) is 32.6 Å². The molecule has 0 saturated carbocycles. The third-order valence-corrected chi connectivity index (χ3v) is 2.75. The van der Waals surface area contributed by atoms with Crippen LogP contribution in [0.3, 0.4) is 0 Å². The molecule has 2 unspecified atom stereocenters. The maximum absolute atomic E-state index is 5.89. The largest absolute Gasteiger partial charge is 0.347 e. The number of nitrogens with zero attached hydrogens (tertiary/aromatic N) is 2. The van der Waals surface area contributed by atoms with E-state index in [-0.39, 0.29) is 0 Å². The van der Waals surface area contributed by atoms with Crippen molar-refractivity contribution in [2.45, 2.75) is 45.8 Å². The Labute approximate surface area is 77.3 Å². The van der Waals surface area contributed by atoms with E-state index in [0.717, 1.165) is 13.1 Å². The van der Waals surface area contributed by atoms with E-state index in [1.165, 1.54) is 0 Å². The lowest BCUT2D eigenvalue weighted by molar-refractivity contribution is 0.0804. The summed E-state index contributed by atoms with van der Waals surface area (Å²) in [5.41, 5.74) is 0. The van der Waals surface area contributed by atoms with Gasteiger partial charge >= 0.3 is 0 Å². The third kappa shape index (κ3) is 2.02. The molecule has 2 nitrogen and oxygen atoms in total. The zero-order chi connectivity index (χ0) is 9.30. The van der Waals surface area contributed by atoms with Crippen LogP contribution in [0, 0.1) is 0 Å². The van der Waals surface area contributed by atoms with Crippen LogP contribution in [0.4, 0.5) is 0 Å². The molecule has 0 N–H and O–H groups in total. The van der Waals surface area contributed by atoms with Gasteiger partial charge in [0.05, 0.1) is 0 Å². The second kappa shape index (κ2) is 3.80. The molecule has 0 aromatic rings. The first-order valence-corrected chi connectivity index (χ1v) is 4.79. The molecule has 3 heteroatoms. The van der Waals surface area contributed by atoms with Crippen molar-refractivity contribution in [3.63, 3.8) is 0 Å². The van der Waals surface area contributed by atoms with Crippen LogP contribution in [0.5, 0.6) is 0 Å². The molecular weight excluding hydrogens is 147 g/mol. The summed E-state index contributed by atoms with van der Waals surface area (Å²) in [6.07, 6.45) is 0. The Bertz CT molecular complexity index is 137. The SMILES string of the molecule is [B]N1C(C)CN(C(C)C)CC1C. The Kier molecular flexibility index (Phi) is 3.19. The van der Waals surface area contributed by atoms with Crippen molar-refractivity contribution >= 4 is 7.98 Å². The molecule has 0 bridgehead atoms. The van der Waals surface area contributed by atoms with Gasteiger partial charge in [0.1, 0.15) is 0 Å². The Balaban J connectivity index is 2.53. The van der Waals surface area contributed by atoms with Gasteiger partial charge in [-0.05, 0) is 27.7 Å². The molecule has 12 heavy (non-hydrogen) atoms. The Hall–Kier alpha value is -0.0151. The van der Waals surface area contributed by atoms with Crippen molar-refractivity contribution in [3.8, 4) is 0 Å². The number of rotatable bonds is 1. The highest BCUT2D eigenvalue weighted by Gasteiger charge is 2.26. The fraction of sp³-hybridized carbons (Fsp3) is 1.00. The van der Waals surface area contributed by atoms with Crippen LogP contribution in [0.15, 0.2) is 0 Å². The van der Waals surface area contributed by atoms with E-state index in [0.29, 0.717) is 18.1 Å². The summed E-state index contributed by atoms with van der Waals surface area (Å²) in [6.45, 7) is 11.0. The van der Waals surface area contributed by atoms with E-state index >= 15 is 0 Å². The Morgan fingerprint density at radius 3 is 1.92 bits per heavy atom. The fourth-order valence-corrected chi connectivity index (χ4v) is 1.80. The lowest BCUT2D eigenvalue weighted by Crippen LogP contribution is -2.57. The van der Waals surface area contributed by atoms with Crippen molar-refractivity contribution < 1.29 is 0 Å². The molecule has 1 heterocycles. The highest BCUT2D eigenvalue weighted by atomic mass is 15.3. The topological polar surface area (TPSA) is 6.48 Å². The molecule has 68 valence electrons. The van der Waals surface area contributed by atoms with Crippen LogP contribution in [0.1, 0.15) is 27.7 Å². The summed E-state index contributed by atoms with van der Waals surface area (Å²) in [4.78, 5) is 4.46. The first kappa shape index (κ1) is 10.1. The van der Waals surface area contributed by atoms with E-state index < -0.39 is 0 Å². The molecule has 1 rings (SSSR count). The predicted molar refractivity (Wildman–Crippen MR) is 53.2 cm³/mol. The zero-order valence-electron chi connectivity index (χ0n) is 8.62.